The molecule has 0 amide bonds. The lowest BCUT2D eigenvalue weighted by Crippen LogP contribution is -2.47. The minimum Gasteiger partial charge on any atom is -0.388 e. The number of pyridine rings is 1. The number of aliphatic hydroxyl groups is 1. The Morgan fingerprint density at radius 2 is 2.05 bits per heavy atom. The van der Waals surface area contributed by atoms with Gasteiger partial charge in [-0.2, -0.15) is 4.31 Å². The Bertz CT molecular complexity index is 598. The van der Waals surface area contributed by atoms with Crippen LogP contribution in [-0.4, -0.2) is 55.2 Å². The molecule has 20 heavy (non-hydrogen) atoms. The van der Waals surface area contributed by atoms with Crippen molar-refractivity contribution in [2.75, 3.05) is 26.8 Å². The molecule has 0 saturated carbocycles. The number of aromatic nitrogens is 1. The van der Waals surface area contributed by atoms with Crippen molar-refractivity contribution in [2.45, 2.75) is 23.3 Å². The van der Waals surface area contributed by atoms with Crippen molar-refractivity contribution >= 4 is 10.0 Å². The van der Waals surface area contributed by atoms with E-state index < -0.39 is 15.6 Å². The first-order valence-electron chi connectivity index (χ1n) is 6.29. The van der Waals surface area contributed by atoms with Crippen molar-refractivity contribution in [2.24, 2.45) is 0 Å². The molecule has 2 heterocycles. The van der Waals surface area contributed by atoms with E-state index in [0.29, 0.717) is 26.1 Å². The fraction of sp³-hybridized carbons (Fsp3) is 0.583. The molecule has 0 spiro atoms. The monoisotopic (exact) mass is 302 g/mol. The lowest BCUT2D eigenvalue weighted by Gasteiger charge is -2.34. The highest BCUT2D eigenvalue weighted by molar-refractivity contribution is 7.89. The molecule has 0 aliphatic carbocycles. The van der Waals surface area contributed by atoms with Crippen molar-refractivity contribution < 1.29 is 18.3 Å². The number of nitrogens with zero attached hydrogens (tertiary/aromatic N) is 1. The van der Waals surface area contributed by atoms with E-state index in [9.17, 15) is 18.3 Å². The molecule has 8 heteroatoms. The molecule has 2 rings (SSSR count). The Kier molecular flexibility index (Phi) is 4.28. The normalized spacial score (nSPS) is 19.1. The smallest absolute Gasteiger partial charge is 0.247 e. The molecule has 0 bridgehead atoms. The Morgan fingerprint density at radius 3 is 2.60 bits per heavy atom. The van der Waals surface area contributed by atoms with E-state index in [1.54, 1.807) is 0 Å². The molecule has 112 valence electrons. The molecule has 1 aliphatic rings. The fourth-order valence-corrected chi connectivity index (χ4v) is 3.36. The molecule has 0 unspecified atom stereocenters. The van der Waals surface area contributed by atoms with Gasteiger partial charge in [-0.3, -0.25) is 4.79 Å². The van der Waals surface area contributed by atoms with Gasteiger partial charge in [0, 0.05) is 51.9 Å². The third-order valence-electron chi connectivity index (χ3n) is 3.40. The number of hydrogen-bond acceptors (Lipinski definition) is 5. The number of hydrogen-bond donors (Lipinski definition) is 2. The van der Waals surface area contributed by atoms with Crippen LogP contribution in [0.25, 0.3) is 0 Å². The molecule has 1 aliphatic heterocycles. The lowest BCUT2D eigenvalue weighted by molar-refractivity contribution is -0.0689. The van der Waals surface area contributed by atoms with E-state index in [1.165, 1.54) is 13.1 Å². The summed E-state index contributed by atoms with van der Waals surface area (Å²) in [4.78, 5) is 13.3. The summed E-state index contributed by atoms with van der Waals surface area (Å²) in [6, 6.07) is 2.41. The van der Waals surface area contributed by atoms with Gasteiger partial charge in [-0.1, -0.05) is 0 Å². The van der Waals surface area contributed by atoms with Gasteiger partial charge in [-0.25, -0.2) is 8.42 Å². The Balaban J connectivity index is 2.16. The largest absolute Gasteiger partial charge is 0.388 e. The second-order valence-electron chi connectivity index (χ2n) is 4.99. The van der Waals surface area contributed by atoms with E-state index in [2.05, 4.69) is 4.98 Å². The summed E-state index contributed by atoms with van der Waals surface area (Å²) < 4.78 is 30.9. The first kappa shape index (κ1) is 15.2. The summed E-state index contributed by atoms with van der Waals surface area (Å²) in [5.74, 6) is 0. The van der Waals surface area contributed by atoms with Crippen molar-refractivity contribution in [1.82, 2.24) is 9.29 Å². The van der Waals surface area contributed by atoms with Crippen LogP contribution in [0.15, 0.2) is 28.0 Å². The summed E-state index contributed by atoms with van der Waals surface area (Å²) in [5, 5.41) is 10.4. The first-order valence-corrected chi connectivity index (χ1v) is 7.73. The molecule has 0 atom stereocenters. The number of ether oxygens (including phenoxy) is 1. The second-order valence-corrected chi connectivity index (χ2v) is 7.03. The van der Waals surface area contributed by atoms with Crippen LogP contribution in [0.2, 0.25) is 0 Å². The quantitative estimate of drug-likeness (QED) is 0.784. The zero-order valence-electron chi connectivity index (χ0n) is 11.2. The van der Waals surface area contributed by atoms with Gasteiger partial charge in [0.2, 0.25) is 15.6 Å². The molecule has 0 aromatic carbocycles. The van der Waals surface area contributed by atoms with Crippen molar-refractivity contribution in [3.63, 3.8) is 0 Å². The highest BCUT2D eigenvalue weighted by atomic mass is 32.2. The molecule has 1 aromatic rings. The average molecular weight is 302 g/mol. The first-order chi connectivity index (χ1) is 9.33. The average Bonchev–Trinajstić information content (AvgIpc) is 2.39. The van der Waals surface area contributed by atoms with Gasteiger partial charge in [0.25, 0.3) is 0 Å². The van der Waals surface area contributed by atoms with Crippen molar-refractivity contribution in [1.29, 1.82) is 0 Å². The maximum atomic E-state index is 12.3. The van der Waals surface area contributed by atoms with Crippen molar-refractivity contribution in [3.8, 4) is 0 Å². The van der Waals surface area contributed by atoms with Gasteiger partial charge in [0.1, 0.15) is 0 Å². The number of nitrogens with one attached hydrogen (secondary N) is 1. The van der Waals surface area contributed by atoms with E-state index in [-0.39, 0.29) is 17.0 Å². The fourth-order valence-electron chi connectivity index (χ4n) is 2.15. The highest BCUT2D eigenvalue weighted by Crippen LogP contribution is 2.23. The van der Waals surface area contributed by atoms with Crippen LogP contribution in [0, 0.1) is 0 Å². The minimum absolute atomic E-state index is 0.00216. The molecule has 7 nitrogen and oxygen atoms in total. The van der Waals surface area contributed by atoms with E-state index in [4.69, 9.17) is 4.74 Å². The summed E-state index contributed by atoms with van der Waals surface area (Å²) >= 11 is 0. The minimum atomic E-state index is -3.73. The molecule has 1 fully saturated rings. The van der Waals surface area contributed by atoms with Crippen LogP contribution in [0.1, 0.15) is 12.8 Å². The Labute approximate surface area is 117 Å². The summed E-state index contributed by atoms with van der Waals surface area (Å²) in [5.41, 5.74) is -1.43. The van der Waals surface area contributed by atoms with Gasteiger partial charge in [0.15, 0.2) is 0 Å². The predicted molar refractivity (Wildman–Crippen MR) is 71.9 cm³/mol. The molecule has 1 saturated heterocycles. The third kappa shape index (κ3) is 3.26. The highest BCUT2D eigenvalue weighted by Gasteiger charge is 2.34. The van der Waals surface area contributed by atoms with Crippen LogP contribution in [0.4, 0.5) is 0 Å². The summed E-state index contributed by atoms with van der Waals surface area (Å²) in [6.07, 6.45) is 1.96. The number of sulfonamides is 1. The lowest BCUT2D eigenvalue weighted by atomic mass is 9.95. The summed E-state index contributed by atoms with van der Waals surface area (Å²) in [6.45, 7) is 0.837. The number of likely N-dealkylation sites (N-methyl/N-ethyl adjacent to an activating group) is 1. The maximum Gasteiger partial charge on any atom is 0.247 e. The molecular formula is C12H18N2O5S. The third-order valence-corrected chi connectivity index (χ3v) is 5.20. The van der Waals surface area contributed by atoms with Gasteiger partial charge < -0.3 is 14.8 Å². The predicted octanol–water partition coefficient (Wildman–Crippen LogP) is -0.463. The zero-order chi connectivity index (χ0) is 14.8. The zero-order valence-corrected chi connectivity index (χ0v) is 12.0. The Morgan fingerprint density at radius 1 is 1.40 bits per heavy atom. The maximum absolute atomic E-state index is 12.3. The van der Waals surface area contributed by atoms with Crippen LogP contribution in [-0.2, 0) is 14.8 Å². The van der Waals surface area contributed by atoms with E-state index >= 15 is 0 Å². The number of aromatic amines is 1. The number of H-pyrrole nitrogens is 1. The van der Waals surface area contributed by atoms with Gasteiger partial charge in [-0.15, -0.1) is 0 Å². The van der Waals surface area contributed by atoms with E-state index in [1.807, 2.05) is 0 Å². The van der Waals surface area contributed by atoms with Crippen LogP contribution in [0.3, 0.4) is 0 Å². The van der Waals surface area contributed by atoms with Gasteiger partial charge in [-0.05, 0) is 6.07 Å². The summed E-state index contributed by atoms with van der Waals surface area (Å²) in [7, 11) is -2.32. The van der Waals surface area contributed by atoms with Crippen LogP contribution in [0.5, 0.6) is 0 Å². The van der Waals surface area contributed by atoms with Crippen LogP contribution >= 0.6 is 0 Å². The second kappa shape index (κ2) is 5.65. The molecular weight excluding hydrogens is 284 g/mol. The molecule has 1 aromatic heterocycles. The SMILES string of the molecule is CN(CC1(O)CCOCC1)S(=O)(=O)c1ccc(=O)[nH]c1. The van der Waals surface area contributed by atoms with Crippen LogP contribution < -0.4 is 5.56 Å². The molecule has 0 radical (unpaired) electrons. The van der Waals surface area contributed by atoms with Crippen molar-refractivity contribution in [3.05, 3.63) is 28.7 Å². The van der Waals surface area contributed by atoms with Gasteiger partial charge in [0.05, 0.1) is 10.5 Å². The Hall–Kier alpha value is -1.22. The van der Waals surface area contributed by atoms with E-state index in [0.717, 1.165) is 16.6 Å². The molecule has 2 N–H and O–H groups in total. The topological polar surface area (TPSA) is 99.7 Å². The number of rotatable bonds is 4. The van der Waals surface area contributed by atoms with Gasteiger partial charge >= 0.3 is 0 Å². The standard InChI is InChI=1S/C12H18N2O5S/c1-14(9-12(16)4-6-19-7-5-12)20(17,18)10-2-3-11(15)13-8-10/h2-3,8,16H,4-7,9H2,1H3,(H,13,15).